The lowest BCUT2D eigenvalue weighted by atomic mass is 9.92. The summed E-state index contributed by atoms with van der Waals surface area (Å²) in [6, 6.07) is 14.5. The Morgan fingerprint density at radius 1 is 1.13 bits per heavy atom. The molecule has 2 heterocycles. The van der Waals surface area contributed by atoms with E-state index in [9.17, 15) is 4.79 Å². The van der Waals surface area contributed by atoms with Crippen molar-refractivity contribution in [2.45, 2.75) is 31.7 Å². The predicted octanol–water partition coefficient (Wildman–Crippen LogP) is 3.56. The molecule has 120 valence electrons. The van der Waals surface area contributed by atoms with Gasteiger partial charge in [0.05, 0.1) is 0 Å². The number of likely N-dealkylation sites (tertiary alicyclic amines) is 1. The molecule has 1 aromatic heterocycles. The first-order valence-corrected chi connectivity index (χ1v) is 8.29. The number of carbonyl (C=O) groups is 1. The van der Waals surface area contributed by atoms with Crippen LogP contribution >= 0.6 is 0 Å². The molecule has 2 aromatic rings. The molecule has 1 N–H and O–H groups in total. The van der Waals surface area contributed by atoms with E-state index >= 15 is 0 Å². The fourth-order valence-corrected chi connectivity index (χ4v) is 3.15. The minimum absolute atomic E-state index is 0.0302. The van der Waals surface area contributed by atoms with E-state index in [4.69, 9.17) is 0 Å². The Kier molecular flexibility index (Phi) is 5.25. The van der Waals surface area contributed by atoms with Gasteiger partial charge < -0.3 is 10.2 Å². The van der Waals surface area contributed by atoms with Crippen molar-refractivity contribution in [3.05, 3.63) is 66.0 Å². The average molecular weight is 309 g/mol. The summed E-state index contributed by atoms with van der Waals surface area (Å²) in [7, 11) is 0. The molecule has 23 heavy (non-hydrogen) atoms. The second kappa shape index (κ2) is 7.77. The highest BCUT2D eigenvalue weighted by Gasteiger charge is 2.21. The van der Waals surface area contributed by atoms with Gasteiger partial charge in [-0.15, -0.1) is 0 Å². The molecule has 1 aromatic carbocycles. The predicted molar refractivity (Wildman–Crippen MR) is 91.1 cm³/mol. The third-order valence-electron chi connectivity index (χ3n) is 4.45. The van der Waals surface area contributed by atoms with E-state index in [1.165, 1.54) is 5.56 Å². The topological polar surface area (TPSA) is 45.2 Å². The van der Waals surface area contributed by atoms with Gasteiger partial charge in [0.2, 0.25) is 0 Å². The van der Waals surface area contributed by atoms with Gasteiger partial charge in [-0.25, -0.2) is 4.79 Å². The summed E-state index contributed by atoms with van der Waals surface area (Å²) in [6.45, 7) is 2.19. The summed E-state index contributed by atoms with van der Waals surface area (Å²) in [5.74, 6) is 0.562. The number of nitrogens with zero attached hydrogens (tertiary/aromatic N) is 2. The molecule has 2 amide bonds. The third kappa shape index (κ3) is 4.31. The fraction of sp³-hybridized carbons (Fsp3) is 0.368. The molecule has 0 aliphatic carbocycles. The van der Waals surface area contributed by atoms with E-state index in [-0.39, 0.29) is 6.03 Å². The normalized spacial score (nSPS) is 18.3. The summed E-state index contributed by atoms with van der Waals surface area (Å²) < 4.78 is 0. The molecule has 1 unspecified atom stereocenters. The highest BCUT2D eigenvalue weighted by Crippen LogP contribution is 2.27. The zero-order valence-electron chi connectivity index (χ0n) is 13.3. The summed E-state index contributed by atoms with van der Waals surface area (Å²) in [6.07, 6.45) is 6.76. The Hall–Kier alpha value is -2.36. The molecule has 1 saturated heterocycles. The fourth-order valence-electron chi connectivity index (χ4n) is 3.15. The number of carbonyl (C=O) groups excluding carboxylic acids is 1. The zero-order chi connectivity index (χ0) is 15.9. The summed E-state index contributed by atoms with van der Waals surface area (Å²) in [5, 5.41) is 3.00. The van der Waals surface area contributed by atoms with E-state index in [0.717, 1.165) is 37.9 Å². The van der Waals surface area contributed by atoms with Crippen LogP contribution in [0.3, 0.4) is 0 Å². The highest BCUT2D eigenvalue weighted by molar-refractivity contribution is 5.74. The van der Waals surface area contributed by atoms with Crippen LogP contribution < -0.4 is 5.32 Å². The summed E-state index contributed by atoms with van der Waals surface area (Å²) in [4.78, 5) is 18.4. The number of aromatic nitrogens is 1. The molecular weight excluding hydrogens is 286 g/mol. The largest absolute Gasteiger partial charge is 0.334 e. The second-order valence-corrected chi connectivity index (χ2v) is 6.05. The van der Waals surface area contributed by atoms with E-state index < -0.39 is 0 Å². The molecule has 0 saturated carbocycles. The maximum Gasteiger partial charge on any atom is 0.317 e. The van der Waals surface area contributed by atoms with Gasteiger partial charge in [0.1, 0.15) is 0 Å². The van der Waals surface area contributed by atoms with Crippen LogP contribution in [0.25, 0.3) is 0 Å². The Balaban J connectivity index is 1.52. The molecule has 1 atom stereocenters. The van der Waals surface area contributed by atoms with Crippen molar-refractivity contribution >= 4 is 6.03 Å². The molecule has 1 fully saturated rings. The maximum atomic E-state index is 12.4. The first-order valence-electron chi connectivity index (χ1n) is 8.29. The smallest absolute Gasteiger partial charge is 0.317 e. The quantitative estimate of drug-likeness (QED) is 0.942. The van der Waals surface area contributed by atoms with E-state index in [0.29, 0.717) is 12.5 Å². The van der Waals surface area contributed by atoms with Gasteiger partial charge >= 0.3 is 6.03 Å². The van der Waals surface area contributed by atoms with Crippen LogP contribution in [0, 0.1) is 0 Å². The van der Waals surface area contributed by atoms with Gasteiger partial charge in [-0.3, -0.25) is 4.98 Å². The Morgan fingerprint density at radius 2 is 2.00 bits per heavy atom. The van der Waals surface area contributed by atoms with Gasteiger partial charge in [0.15, 0.2) is 0 Å². The van der Waals surface area contributed by atoms with Crippen LogP contribution in [-0.2, 0) is 6.54 Å². The van der Waals surface area contributed by atoms with Crippen LogP contribution in [0.15, 0.2) is 54.9 Å². The van der Waals surface area contributed by atoms with Crippen LogP contribution in [-0.4, -0.2) is 29.0 Å². The van der Waals surface area contributed by atoms with Crippen molar-refractivity contribution in [2.24, 2.45) is 0 Å². The number of hydrogen-bond donors (Lipinski definition) is 1. The van der Waals surface area contributed by atoms with Gasteiger partial charge in [-0.2, -0.15) is 0 Å². The van der Waals surface area contributed by atoms with Crippen molar-refractivity contribution in [1.29, 1.82) is 0 Å². The summed E-state index contributed by atoms with van der Waals surface area (Å²) in [5.41, 5.74) is 2.42. The zero-order valence-corrected chi connectivity index (χ0v) is 13.3. The molecule has 0 spiro atoms. The molecule has 0 bridgehead atoms. The van der Waals surface area contributed by atoms with Crippen LogP contribution in [0.2, 0.25) is 0 Å². The molecule has 0 radical (unpaired) electrons. The summed E-state index contributed by atoms with van der Waals surface area (Å²) >= 11 is 0. The Labute approximate surface area is 137 Å². The second-order valence-electron chi connectivity index (χ2n) is 6.05. The highest BCUT2D eigenvalue weighted by atomic mass is 16.2. The standard InChI is InChI=1S/C19H23N3O/c23-19(21-15-16-6-4-11-20-14-16)22-12-5-9-18(10-13-22)17-7-2-1-3-8-17/h1-4,6-8,11,14,18H,5,9-10,12-13,15H2,(H,21,23). The molecule has 4 heteroatoms. The van der Waals surface area contributed by atoms with E-state index in [1.807, 2.05) is 17.0 Å². The lowest BCUT2D eigenvalue weighted by Gasteiger charge is -2.21. The Morgan fingerprint density at radius 3 is 2.78 bits per heavy atom. The molecule has 1 aliphatic rings. The minimum atomic E-state index is 0.0302. The van der Waals surface area contributed by atoms with Crippen molar-refractivity contribution in [2.75, 3.05) is 13.1 Å². The molecule has 3 rings (SSSR count). The Bertz CT molecular complexity index is 615. The number of pyridine rings is 1. The van der Waals surface area contributed by atoms with Crippen molar-refractivity contribution in [3.8, 4) is 0 Å². The first-order chi connectivity index (χ1) is 11.3. The van der Waals surface area contributed by atoms with Gasteiger partial charge in [0, 0.05) is 32.0 Å². The monoisotopic (exact) mass is 309 g/mol. The third-order valence-corrected chi connectivity index (χ3v) is 4.45. The van der Waals surface area contributed by atoms with Gasteiger partial charge in [0.25, 0.3) is 0 Å². The van der Waals surface area contributed by atoms with Crippen molar-refractivity contribution < 1.29 is 4.79 Å². The first kappa shape index (κ1) is 15.5. The van der Waals surface area contributed by atoms with Crippen molar-refractivity contribution in [1.82, 2.24) is 15.2 Å². The number of urea groups is 1. The van der Waals surface area contributed by atoms with E-state index in [2.05, 4.69) is 40.6 Å². The van der Waals surface area contributed by atoms with Gasteiger partial charge in [-0.05, 0) is 42.4 Å². The number of amides is 2. The van der Waals surface area contributed by atoms with Crippen LogP contribution in [0.1, 0.15) is 36.3 Å². The lowest BCUT2D eigenvalue weighted by Crippen LogP contribution is -2.40. The maximum absolute atomic E-state index is 12.4. The van der Waals surface area contributed by atoms with Gasteiger partial charge in [-0.1, -0.05) is 36.4 Å². The van der Waals surface area contributed by atoms with Crippen LogP contribution in [0.5, 0.6) is 0 Å². The number of nitrogens with one attached hydrogen (secondary N) is 1. The lowest BCUT2D eigenvalue weighted by molar-refractivity contribution is 0.199. The molecule has 1 aliphatic heterocycles. The number of benzene rings is 1. The SMILES string of the molecule is O=C(NCc1cccnc1)N1CCCC(c2ccccc2)CC1. The number of hydrogen-bond acceptors (Lipinski definition) is 2. The van der Waals surface area contributed by atoms with Crippen LogP contribution in [0.4, 0.5) is 4.79 Å². The van der Waals surface area contributed by atoms with Crippen molar-refractivity contribution in [3.63, 3.8) is 0 Å². The molecular formula is C19H23N3O. The van der Waals surface area contributed by atoms with E-state index in [1.54, 1.807) is 12.4 Å². The number of rotatable bonds is 3. The minimum Gasteiger partial charge on any atom is -0.334 e. The molecule has 4 nitrogen and oxygen atoms in total. The average Bonchev–Trinajstić information content (AvgIpc) is 2.87.